The molecule has 3 aromatic carbocycles. The zero-order chi connectivity index (χ0) is 24.4. The number of anilines is 1. The van der Waals surface area contributed by atoms with Crippen LogP contribution >= 0.6 is 0 Å². The highest BCUT2D eigenvalue weighted by Gasteiger charge is 2.27. The largest absolute Gasteiger partial charge is 0.389 e. The summed E-state index contributed by atoms with van der Waals surface area (Å²) in [4.78, 5) is 20.4. The number of rotatable bonds is 7. The highest BCUT2D eigenvalue weighted by atomic mass is 16.5. The van der Waals surface area contributed by atoms with Crippen LogP contribution in [0.5, 0.6) is 0 Å². The van der Waals surface area contributed by atoms with Gasteiger partial charge in [0.2, 0.25) is 0 Å². The van der Waals surface area contributed by atoms with Gasteiger partial charge in [0.25, 0.3) is 5.56 Å². The number of hydrogen-bond donors (Lipinski definition) is 2. The Morgan fingerprint density at radius 2 is 1.89 bits per heavy atom. The molecule has 0 amide bonds. The monoisotopic (exact) mass is 472 g/mol. The number of nitrogens with zero attached hydrogens (tertiary/aromatic N) is 3. The first-order valence-corrected chi connectivity index (χ1v) is 12.2. The molecule has 7 nitrogen and oxygen atoms in total. The van der Waals surface area contributed by atoms with Gasteiger partial charge in [-0.3, -0.25) is 9.36 Å². The summed E-state index contributed by atoms with van der Waals surface area (Å²) >= 11 is 0. The van der Waals surface area contributed by atoms with E-state index >= 15 is 0 Å². The molecule has 0 spiro atoms. The second kappa shape index (κ2) is 10.2. The van der Waals surface area contributed by atoms with Crippen molar-refractivity contribution in [3.05, 3.63) is 82.4 Å². The van der Waals surface area contributed by atoms with E-state index in [1.54, 1.807) is 10.9 Å². The van der Waals surface area contributed by atoms with Gasteiger partial charge in [-0.1, -0.05) is 36.4 Å². The Morgan fingerprint density at radius 3 is 2.63 bits per heavy atom. The molecule has 4 aromatic rings. The van der Waals surface area contributed by atoms with Crippen molar-refractivity contribution in [2.45, 2.75) is 25.0 Å². The Labute approximate surface area is 205 Å². The molecule has 0 radical (unpaired) electrons. The van der Waals surface area contributed by atoms with Crippen LogP contribution in [0.3, 0.4) is 0 Å². The molecular formula is C28H32N4O3. The first-order chi connectivity index (χ1) is 17.0. The molecule has 7 heteroatoms. The number of aliphatic hydroxyl groups is 1. The van der Waals surface area contributed by atoms with Crippen LogP contribution in [0.2, 0.25) is 0 Å². The van der Waals surface area contributed by atoms with Gasteiger partial charge < -0.3 is 20.1 Å². The lowest BCUT2D eigenvalue weighted by Crippen LogP contribution is -2.39. The molecule has 5 rings (SSSR count). The van der Waals surface area contributed by atoms with Crippen LogP contribution < -0.4 is 10.9 Å². The third-order valence-electron chi connectivity index (χ3n) is 6.76. The Balaban J connectivity index is 1.51. The molecule has 0 bridgehead atoms. The van der Waals surface area contributed by atoms with E-state index in [1.807, 2.05) is 24.3 Å². The van der Waals surface area contributed by atoms with Gasteiger partial charge in [-0.25, -0.2) is 4.98 Å². The number of benzene rings is 3. The van der Waals surface area contributed by atoms with E-state index in [1.165, 1.54) is 5.56 Å². The maximum Gasteiger partial charge on any atom is 0.261 e. The van der Waals surface area contributed by atoms with Gasteiger partial charge in [-0.05, 0) is 61.6 Å². The number of ether oxygens (including phenoxy) is 1. The summed E-state index contributed by atoms with van der Waals surface area (Å²) < 4.78 is 6.94. The highest BCUT2D eigenvalue weighted by Crippen LogP contribution is 2.29. The zero-order valence-electron chi connectivity index (χ0n) is 20.3. The molecule has 1 saturated heterocycles. The molecule has 182 valence electrons. The summed E-state index contributed by atoms with van der Waals surface area (Å²) in [6.07, 6.45) is 2.16. The van der Waals surface area contributed by atoms with Gasteiger partial charge in [-0.15, -0.1) is 0 Å². The third kappa shape index (κ3) is 4.93. The lowest BCUT2D eigenvalue weighted by atomic mass is 9.95. The Kier molecular flexibility index (Phi) is 6.81. The number of nitrogens with one attached hydrogen (secondary N) is 1. The second-order valence-electron chi connectivity index (χ2n) is 9.54. The van der Waals surface area contributed by atoms with E-state index in [4.69, 9.17) is 4.74 Å². The molecule has 0 saturated carbocycles. The minimum absolute atomic E-state index is 0.117. The van der Waals surface area contributed by atoms with Crippen LogP contribution in [-0.2, 0) is 11.2 Å². The van der Waals surface area contributed by atoms with Crippen molar-refractivity contribution in [1.82, 2.24) is 14.5 Å². The van der Waals surface area contributed by atoms with Crippen molar-refractivity contribution in [2.75, 3.05) is 45.7 Å². The number of likely N-dealkylation sites (N-methyl/N-ethyl adjacent to an activating group) is 1. The van der Waals surface area contributed by atoms with E-state index < -0.39 is 6.10 Å². The molecule has 1 aliphatic rings. The predicted octanol–water partition coefficient (Wildman–Crippen LogP) is 3.44. The maximum absolute atomic E-state index is 13.6. The Bertz CT molecular complexity index is 1380. The SMILES string of the molecule is CN(C)CCNc1ccc(Cc2cc3c(=O)n([C@H]4CCOC[C@@H]4O)cnc3c3ccccc23)cc1. The topological polar surface area (TPSA) is 79.6 Å². The zero-order valence-corrected chi connectivity index (χ0v) is 20.3. The summed E-state index contributed by atoms with van der Waals surface area (Å²) in [6.45, 7) is 2.62. The summed E-state index contributed by atoms with van der Waals surface area (Å²) in [5, 5.41) is 16.5. The van der Waals surface area contributed by atoms with Crippen LogP contribution in [0.15, 0.2) is 65.7 Å². The Hall–Kier alpha value is -3.26. The molecule has 0 aliphatic carbocycles. The van der Waals surface area contributed by atoms with E-state index in [2.05, 4.69) is 59.6 Å². The van der Waals surface area contributed by atoms with Crippen molar-refractivity contribution >= 4 is 27.4 Å². The smallest absolute Gasteiger partial charge is 0.261 e. The predicted molar refractivity (Wildman–Crippen MR) is 140 cm³/mol. The number of hydrogen-bond acceptors (Lipinski definition) is 6. The van der Waals surface area contributed by atoms with Crippen LogP contribution in [0.25, 0.3) is 21.7 Å². The van der Waals surface area contributed by atoms with Gasteiger partial charge in [0.15, 0.2) is 0 Å². The van der Waals surface area contributed by atoms with Crippen molar-refractivity contribution in [2.24, 2.45) is 0 Å². The molecule has 1 aliphatic heterocycles. The van der Waals surface area contributed by atoms with Gasteiger partial charge >= 0.3 is 0 Å². The number of aromatic nitrogens is 2. The molecule has 2 N–H and O–H groups in total. The fraction of sp³-hybridized carbons (Fsp3) is 0.357. The molecule has 2 heterocycles. The van der Waals surface area contributed by atoms with Crippen molar-refractivity contribution < 1.29 is 9.84 Å². The van der Waals surface area contributed by atoms with Crippen molar-refractivity contribution in [3.8, 4) is 0 Å². The fourth-order valence-corrected chi connectivity index (χ4v) is 4.85. The lowest BCUT2D eigenvalue weighted by molar-refractivity contribution is -0.0395. The summed E-state index contributed by atoms with van der Waals surface area (Å²) in [5.41, 5.74) is 3.95. The summed E-state index contributed by atoms with van der Waals surface area (Å²) in [6, 6.07) is 18.3. The molecule has 0 unspecified atom stereocenters. The normalized spacial score (nSPS) is 18.4. The highest BCUT2D eigenvalue weighted by molar-refractivity contribution is 6.06. The number of aliphatic hydroxyl groups excluding tert-OH is 1. The molecule has 1 aromatic heterocycles. The van der Waals surface area contributed by atoms with E-state index in [0.29, 0.717) is 30.4 Å². The first kappa shape index (κ1) is 23.5. The van der Waals surface area contributed by atoms with E-state index in [9.17, 15) is 9.90 Å². The van der Waals surface area contributed by atoms with Crippen LogP contribution in [0.4, 0.5) is 5.69 Å². The maximum atomic E-state index is 13.6. The summed E-state index contributed by atoms with van der Waals surface area (Å²) in [7, 11) is 4.13. The second-order valence-corrected chi connectivity index (χ2v) is 9.54. The average molecular weight is 473 g/mol. The lowest BCUT2D eigenvalue weighted by Gasteiger charge is -2.29. The molecular weight excluding hydrogens is 440 g/mol. The van der Waals surface area contributed by atoms with Gasteiger partial charge in [0, 0.05) is 30.8 Å². The molecule has 2 atom stereocenters. The van der Waals surface area contributed by atoms with Crippen molar-refractivity contribution in [1.29, 1.82) is 0 Å². The minimum Gasteiger partial charge on any atom is -0.389 e. The van der Waals surface area contributed by atoms with Crippen LogP contribution in [-0.4, -0.2) is 66.1 Å². The molecule has 1 fully saturated rings. The quantitative estimate of drug-likeness (QED) is 0.401. The van der Waals surface area contributed by atoms with Crippen LogP contribution in [0, 0.1) is 0 Å². The fourth-order valence-electron chi connectivity index (χ4n) is 4.85. The van der Waals surface area contributed by atoms with Crippen molar-refractivity contribution in [3.63, 3.8) is 0 Å². The first-order valence-electron chi connectivity index (χ1n) is 12.2. The summed E-state index contributed by atoms with van der Waals surface area (Å²) in [5.74, 6) is 0. The molecule has 35 heavy (non-hydrogen) atoms. The number of fused-ring (bicyclic) bond motifs is 3. The van der Waals surface area contributed by atoms with E-state index in [0.717, 1.165) is 35.1 Å². The average Bonchev–Trinajstić information content (AvgIpc) is 2.86. The Morgan fingerprint density at radius 1 is 1.11 bits per heavy atom. The van der Waals surface area contributed by atoms with Gasteiger partial charge in [0.1, 0.15) is 0 Å². The minimum atomic E-state index is -0.717. The van der Waals surface area contributed by atoms with Crippen LogP contribution in [0.1, 0.15) is 23.6 Å². The standard InChI is InChI=1S/C28H32N4O3/c1-31(2)13-12-29-21-9-7-19(8-10-21)15-20-16-24-27(23-6-4-3-5-22(20)23)30-18-32(28(24)34)25-11-14-35-17-26(25)33/h3-10,16,18,25-26,29,33H,11-15,17H2,1-2H3/t25-,26-/m0/s1. The van der Waals surface area contributed by atoms with Gasteiger partial charge in [0.05, 0.1) is 36.0 Å². The van der Waals surface area contributed by atoms with E-state index in [-0.39, 0.29) is 18.2 Å². The third-order valence-corrected chi connectivity index (χ3v) is 6.76. The van der Waals surface area contributed by atoms with Gasteiger partial charge in [-0.2, -0.15) is 0 Å².